The summed E-state index contributed by atoms with van der Waals surface area (Å²) in [5, 5.41) is 19.2. The molecule has 0 saturated carbocycles. The van der Waals surface area contributed by atoms with Crippen LogP contribution in [-0.2, 0) is 11.3 Å². The molecule has 0 radical (unpaired) electrons. The highest BCUT2D eigenvalue weighted by atomic mass is 35.5. The Bertz CT molecular complexity index is 1330. The van der Waals surface area contributed by atoms with Crippen molar-refractivity contribution in [3.8, 4) is 11.1 Å². The predicted octanol–water partition coefficient (Wildman–Crippen LogP) is 4.92. The van der Waals surface area contributed by atoms with Crippen molar-refractivity contribution in [3.63, 3.8) is 0 Å². The van der Waals surface area contributed by atoms with Crippen molar-refractivity contribution in [2.45, 2.75) is 20.4 Å². The summed E-state index contributed by atoms with van der Waals surface area (Å²) in [6.07, 6.45) is 1.69. The topological polar surface area (TPSA) is 103 Å². The summed E-state index contributed by atoms with van der Waals surface area (Å²) < 4.78 is 1.52. The van der Waals surface area contributed by atoms with E-state index in [2.05, 4.69) is 21.5 Å². The molecule has 0 bridgehead atoms. The Labute approximate surface area is 182 Å². The number of nitro groups is 1. The molecule has 156 valence electrons. The number of amides is 1. The Morgan fingerprint density at radius 3 is 2.74 bits per heavy atom. The van der Waals surface area contributed by atoms with Crippen molar-refractivity contribution in [2.75, 3.05) is 5.32 Å². The van der Waals surface area contributed by atoms with Gasteiger partial charge in [-0.2, -0.15) is 5.10 Å². The summed E-state index contributed by atoms with van der Waals surface area (Å²) in [6, 6.07) is 13.9. The monoisotopic (exact) mass is 435 g/mol. The third-order valence-electron chi connectivity index (χ3n) is 4.87. The Morgan fingerprint density at radius 2 is 2.00 bits per heavy atom. The van der Waals surface area contributed by atoms with Crippen molar-refractivity contribution in [1.82, 2.24) is 14.8 Å². The smallest absolute Gasteiger partial charge is 0.271 e. The molecule has 0 aliphatic rings. The maximum Gasteiger partial charge on any atom is 0.271 e. The van der Waals surface area contributed by atoms with Crippen LogP contribution in [0.4, 0.5) is 11.4 Å². The number of rotatable bonds is 5. The molecule has 8 nitrogen and oxygen atoms in total. The molecule has 2 aromatic carbocycles. The fourth-order valence-electron chi connectivity index (χ4n) is 3.49. The normalized spacial score (nSPS) is 10.9. The van der Waals surface area contributed by atoms with Crippen LogP contribution in [0.5, 0.6) is 0 Å². The maximum atomic E-state index is 12.6. The molecule has 31 heavy (non-hydrogen) atoms. The molecule has 0 unspecified atom stereocenters. The molecule has 0 saturated heterocycles. The highest BCUT2D eigenvalue weighted by molar-refractivity contribution is 6.33. The molecule has 0 aliphatic heterocycles. The zero-order chi connectivity index (χ0) is 22.1. The van der Waals surface area contributed by atoms with Crippen molar-refractivity contribution in [3.05, 3.63) is 81.1 Å². The summed E-state index contributed by atoms with van der Waals surface area (Å²) >= 11 is 6.08. The van der Waals surface area contributed by atoms with Crippen molar-refractivity contribution in [1.29, 1.82) is 0 Å². The highest BCUT2D eigenvalue weighted by Crippen LogP contribution is 2.30. The molecule has 2 heterocycles. The van der Waals surface area contributed by atoms with Gasteiger partial charge in [-0.25, -0.2) is 9.67 Å². The summed E-state index contributed by atoms with van der Waals surface area (Å²) in [7, 11) is 0. The third-order valence-corrected chi connectivity index (χ3v) is 5.19. The maximum absolute atomic E-state index is 12.6. The lowest BCUT2D eigenvalue weighted by atomic mass is 10.0. The number of non-ortho nitro benzene ring substituents is 1. The van der Waals surface area contributed by atoms with Gasteiger partial charge in [-0.05, 0) is 37.1 Å². The SMILES string of the molecule is Cc1cccc(-c2ccnc3c2c(C)nn3CC(=O)Nc2cc([N+](=O)[O-])ccc2Cl)c1. The molecule has 0 aliphatic carbocycles. The summed E-state index contributed by atoms with van der Waals surface area (Å²) in [5.74, 6) is -0.422. The fourth-order valence-corrected chi connectivity index (χ4v) is 3.66. The van der Waals surface area contributed by atoms with Crippen LogP contribution in [0.25, 0.3) is 22.2 Å². The number of fused-ring (bicyclic) bond motifs is 1. The molecule has 4 rings (SSSR count). The van der Waals surface area contributed by atoms with Gasteiger partial charge >= 0.3 is 0 Å². The van der Waals surface area contributed by atoms with E-state index < -0.39 is 10.8 Å². The number of pyridine rings is 1. The van der Waals surface area contributed by atoms with E-state index in [1.54, 1.807) is 6.20 Å². The first-order valence-corrected chi connectivity index (χ1v) is 9.84. The largest absolute Gasteiger partial charge is 0.323 e. The number of carbonyl (C=O) groups excluding carboxylic acids is 1. The second-order valence-corrected chi connectivity index (χ2v) is 7.55. The number of halogens is 1. The summed E-state index contributed by atoms with van der Waals surface area (Å²) in [6.45, 7) is 3.78. The number of anilines is 1. The Morgan fingerprint density at radius 1 is 1.19 bits per heavy atom. The quantitative estimate of drug-likeness (QED) is 0.354. The lowest BCUT2D eigenvalue weighted by Gasteiger charge is -2.08. The van der Waals surface area contributed by atoms with Crippen LogP contribution in [0, 0.1) is 24.0 Å². The number of hydrogen-bond acceptors (Lipinski definition) is 5. The first kappa shape index (κ1) is 20.5. The number of nitro benzene ring substituents is 1. The van der Waals surface area contributed by atoms with E-state index in [9.17, 15) is 14.9 Å². The van der Waals surface area contributed by atoms with Gasteiger partial charge in [0.2, 0.25) is 5.91 Å². The number of nitrogens with zero attached hydrogens (tertiary/aromatic N) is 4. The molecular weight excluding hydrogens is 418 g/mol. The van der Waals surface area contributed by atoms with Gasteiger partial charge in [-0.1, -0.05) is 41.4 Å². The number of nitrogens with one attached hydrogen (secondary N) is 1. The lowest BCUT2D eigenvalue weighted by molar-refractivity contribution is -0.384. The van der Waals surface area contributed by atoms with E-state index in [1.165, 1.54) is 22.9 Å². The van der Waals surface area contributed by atoms with Gasteiger partial charge in [0.1, 0.15) is 6.54 Å². The van der Waals surface area contributed by atoms with E-state index >= 15 is 0 Å². The van der Waals surface area contributed by atoms with Gasteiger partial charge in [0, 0.05) is 23.7 Å². The highest BCUT2D eigenvalue weighted by Gasteiger charge is 2.17. The summed E-state index contributed by atoms with van der Waals surface area (Å²) in [4.78, 5) is 27.5. The third kappa shape index (κ3) is 4.10. The first-order chi connectivity index (χ1) is 14.8. The molecule has 4 aromatic rings. The van der Waals surface area contributed by atoms with Crippen LogP contribution in [0.2, 0.25) is 5.02 Å². The second kappa shape index (κ2) is 8.16. The average molecular weight is 436 g/mol. The Kier molecular flexibility index (Phi) is 5.39. The van der Waals surface area contributed by atoms with Crippen LogP contribution >= 0.6 is 11.6 Å². The molecule has 1 N–H and O–H groups in total. The molecule has 0 spiro atoms. The Balaban J connectivity index is 1.66. The number of hydrogen-bond donors (Lipinski definition) is 1. The number of aromatic nitrogens is 3. The van der Waals surface area contributed by atoms with Crippen LogP contribution < -0.4 is 5.32 Å². The number of aryl methyl sites for hydroxylation is 2. The molecule has 2 aromatic heterocycles. The number of carbonyl (C=O) groups is 1. The van der Waals surface area contributed by atoms with Crippen LogP contribution in [0.1, 0.15) is 11.3 Å². The van der Waals surface area contributed by atoms with E-state index in [0.717, 1.165) is 27.8 Å². The minimum Gasteiger partial charge on any atom is -0.323 e. The minimum absolute atomic E-state index is 0.117. The molecular formula is C22H18ClN5O3. The van der Waals surface area contributed by atoms with E-state index in [4.69, 9.17) is 11.6 Å². The van der Waals surface area contributed by atoms with Crippen LogP contribution in [0.3, 0.4) is 0 Å². The fraction of sp³-hybridized carbons (Fsp3) is 0.136. The molecule has 1 amide bonds. The standard InChI is InChI=1S/C22H18ClN5O3/c1-13-4-3-5-15(10-13)17-8-9-24-22-21(17)14(2)26-27(22)12-20(29)25-19-11-16(28(30)31)6-7-18(19)23/h3-11H,12H2,1-2H3,(H,25,29). The van der Waals surface area contributed by atoms with E-state index in [-0.39, 0.29) is 22.9 Å². The van der Waals surface area contributed by atoms with Gasteiger partial charge < -0.3 is 5.32 Å². The van der Waals surface area contributed by atoms with Crippen molar-refractivity contribution in [2.24, 2.45) is 0 Å². The van der Waals surface area contributed by atoms with Gasteiger partial charge in [-0.15, -0.1) is 0 Å². The summed E-state index contributed by atoms with van der Waals surface area (Å²) in [5.41, 5.74) is 4.51. The van der Waals surface area contributed by atoms with Gasteiger partial charge in [0.25, 0.3) is 5.69 Å². The lowest BCUT2D eigenvalue weighted by Crippen LogP contribution is -2.20. The van der Waals surface area contributed by atoms with Crippen LogP contribution in [0.15, 0.2) is 54.7 Å². The van der Waals surface area contributed by atoms with Gasteiger partial charge in [-0.3, -0.25) is 14.9 Å². The zero-order valence-corrected chi connectivity index (χ0v) is 17.6. The molecule has 9 heteroatoms. The van der Waals surface area contributed by atoms with Crippen LogP contribution in [-0.4, -0.2) is 25.6 Å². The second-order valence-electron chi connectivity index (χ2n) is 7.14. The predicted molar refractivity (Wildman–Crippen MR) is 119 cm³/mol. The zero-order valence-electron chi connectivity index (χ0n) is 16.8. The van der Waals surface area contributed by atoms with E-state index in [0.29, 0.717) is 5.65 Å². The average Bonchev–Trinajstić information content (AvgIpc) is 3.05. The number of benzene rings is 2. The molecule has 0 fully saturated rings. The van der Waals surface area contributed by atoms with E-state index in [1.807, 2.05) is 38.1 Å². The van der Waals surface area contributed by atoms with Crippen molar-refractivity contribution < 1.29 is 9.72 Å². The first-order valence-electron chi connectivity index (χ1n) is 9.46. The molecule has 0 atom stereocenters. The van der Waals surface area contributed by atoms with Gasteiger partial charge in [0.05, 0.1) is 21.3 Å². The van der Waals surface area contributed by atoms with Crippen molar-refractivity contribution >= 4 is 39.9 Å². The minimum atomic E-state index is -0.549. The Hall–Kier alpha value is -3.78. The van der Waals surface area contributed by atoms with Gasteiger partial charge in [0.15, 0.2) is 5.65 Å².